The van der Waals surface area contributed by atoms with E-state index < -0.39 is 6.29 Å². The monoisotopic (exact) mass is 386 g/mol. The molecule has 27 heavy (non-hydrogen) atoms. The second-order valence-electron chi connectivity index (χ2n) is 9.12. The lowest BCUT2D eigenvalue weighted by molar-refractivity contribution is -0.876. The Hall–Kier alpha value is -0.610. The van der Waals surface area contributed by atoms with E-state index in [9.17, 15) is 9.90 Å². The zero-order valence-corrected chi connectivity index (χ0v) is 18.8. The molecule has 0 fully saturated rings. The fourth-order valence-electron chi connectivity index (χ4n) is 3.36. The molecule has 0 amide bonds. The molecule has 4 heteroatoms. The fraction of sp³-hybridized carbons (Fsp3) is 0.957. The number of ether oxygens (including phenoxy) is 1. The lowest BCUT2D eigenvalue weighted by Crippen LogP contribution is -2.42. The summed E-state index contributed by atoms with van der Waals surface area (Å²) in [6.45, 7) is 2.69. The Morgan fingerprint density at radius 3 is 1.48 bits per heavy atom. The van der Waals surface area contributed by atoms with Gasteiger partial charge in [-0.3, -0.25) is 4.79 Å². The van der Waals surface area contributed by atoms with Gasteiger partial charge in [-0.2, -0.15) is 0 Å². The number of hydrogen-bond donors (Lipinski definition) is 1. The van der Waals surface area contributed by atoms with Crippen LogP contribution in [0.25, 0.3) is 0 Å². The maximum Gasteiger partial charge on any atom is 0.308 e. The van der Waals surface area contributed by atoms with Crippen molar-refractivity contribution in [2.24, 2.45) is 0 Å². The van der Waals surface area contributed by atoms with Crippen LogP contribution >= 0.6 is 0 Å². The number of rotatable bonds is 19. The molecule has 0 aromatic rings. The van der Waals surface area contributed by atoms with Crippen molar-refractivity contribution in [3.05, 3.63) is 0 Å². The predicted octanol–water partition coefficient (Wildman–Crippen LogP) is 5.82. The Balaban J connectivity index is 3.27. The van der Waals surface area contributed by atoms with Crippen molar-refractivity contribution in [2.75, 3.05) is 27.7 Å². The Morgan fingerprint density at radius 2 is 1.11 bits per heavy atom. The van der Waals surface area contributed by atoms with Crippen LogP contribution in [-0.2, 0) is 9.53 Å². The third-order valence-electron chi connectivity index (χ3n) is 4.96. The van der Waals surface area contributed by atoms with Gasteiger partial charge < -0.3 is 14.3 Å². The lowest BCUT2D eigenvalue weighted by Gasteiger charge is -2.26. The number of quaternary nitrogens is 1. The second kappa shape index (κ2) is 17.5. The van der Waals surface area contributed by atoms with Crippen LogP contribution in [0.1, 0.15) is 110 Å². The molecule has 1 atom stereocenters. The second-order valence-corrected chi connectivity index (χ2v) is 9.12. The average molecular weight is 387 g/mol. The zero-order valence-electron chi connectivity index (χ0n) is 18.8. The van der Waals surface area contributed by atoms with Crippen molar-refractivity contribution in [3.8, 4) is 0 Å². The molecule has 0 rings (SSSR count). The minimum atomic E-state index is -0.992. The van der Waals surface area contributed by atoms with Gasteiger partial charge >= 0.3 is 5.97 Å². The van der Waals surface area contributed by atoms with Crippen molar-refractivity contribution in [3.63, 3.8) is 0 Å². The predicted molar refractivity (Wildman–Crippen MR) is 115 cm³/mol. The first kappa shape index (κ1) is 26.4. The van der Waals surface area contributed by atoms with Gasteiger partial charge in [0.2, 0.25) is 6.29 Å². The van der Waals surface area contributed by atoms with E-state index in [2.05, 4.69) is 6.92 Å². The van der Waals surface area contributed by atoms with Crippen LogP contribution in [0.3, 0.4) is 0 Å². The van der Waals surface area contributed by atoms with Gasteiger partial charge in [0.25, 0.3) is 0 Å². The molecule has 0 aliphatic carbocycles. The van der Waals surface area contributed by atoms with E-state index in [-0.39, 0.29) is 5.97 Å². The van der Waals surface area contributed by atoms with Crippen LogP contribution in [0.4, 0.5) is 0 Å². The number of hydrogen-bond acceptors (Lipinski definition) is 3. The average Bonchev–Trinajstić information content (AvgIpc) is 2.56. The van der Waals surface area contributed by atoms with Crippen LogP contribution in [0, 0.1) is 0 Å². The summed E-state index contributed by atoms with van der Waals surface area (Å²) < 4.78 is 5.62. The van der Waals surface area contributed by atoms with Gasteiger partial charge in [-0.1, -0.05) is 96.8 Å². The van der Waals surface area contributed by atoms with Crippen molar-refractivity contribution in [1.82, 2.24) is 0 Å². The minimum Gasteiger partial charge on any atom is -0.430 e. The maximum absolute atomic E-state index is 11.7. The van der Waals surface area contributed by atoms with Crippen molar-refractivity contribution in [2.45, 2.75) is 116 Å². The standard InChI is InChI=1S/C23H48NO3/c1-5-6-7-8-9-10-11-12-13-14-15-16-17-18-19-20-22(25)27-23(26)21-24(2,3)4/h23,26H,5-21H2,1-4H3/q+1. The van der Waals surface area contributed by atoms with Crippen molar-refractivity contribution >= 4 is 5.97 Å². The quantitative estimate of drug-likeness (QED) is 0.132. The van der Waals surface area contributed by atoms with Gasteiger partial charge in [-0.05, 0) is 6.42 Å². The van der Waals surface area contributed by atoms with Gasteiger partial charge in [0, 0.05) is 6.42 Å². The summed E-state index contributed by atoms with van der Waals surface area (Å²) in [6, 6.07) is 0. The van der Waals surface area contributed by atoms with Crippen LogP contribution in [0.15, 0.2) is 0 Å². The molecule has 0 aromatic carbocycles. The maximum atomic E-state index is 11.7. The number of carbonyl (C=O) groups excluding carboxylic acids is 1. The van der Waals surface area contributed by atoms with Gasteiger partial charge in [-0.15, -0.1) is 0 Å². The number of carbonyl (C=O) groups is 1. The topological polar surface area (TPSA) is 46.5 Å². The summed E-state index contributed by atoms with van der Waals surface area (Å²) in [5.74, 6) is -0.273. The third-order valence-corrected chi connectivity index (χ3v) is 4.96. The highest BCUT2D eigenvalue weighted by Gasteiger charge is 2.18. The van der Waals surface area contributed by atoms with E-state index in [1.54, 1.807) is 0 Å². The number of aliphatic hydroxyl groups is 1. The van der Waals surface area contributed by atoms with Gasteiger partial charge in [0.1, 0.15) is 6.54 Å². The smallest absolute Gasteiger partial charge is 0.308 e. The number of nitrogens with zero attached hydrogens (tertiary/aromatic N) is 1. The van der Waals surface area contributed by atoms with Crippen molar-refractivity contribution < 1.29 is 19.1 Å². The van der Waals surface area contributed by atoms with Crippen LogP contribution in [0.5, 0.6) is 0 Å². The molecule has 0 aliphatic heterocycles. The molecule has 0 aromatic heterocycles. The van der Waals surface area contributed by atoms with E-state index in [0.717, 1.165) is 12.8 Å². The molecule has 0 bridgehead atoms. The van der Waals surface area contributed by atoms with E-state index in [1.165, 1.54) is 83.5 Å². The first-order valence-corrected chi connectivity index (χ1v) is 11.5. The van der Waals surface area contributed by atoms with Gasteiger partial charge in [0.05, 0.1) is 21.1 Å². The molecule has 0 saturated carbocycles. The molecule has 0 aliphatic rings. The molecule has 1 unspecified atom stereocenters. The van der Waals surface area contributed by atoms with Crippen LogP contribution < -0.4 is 0 Å². The highest BCUT2D eigenvalue weighted by atomic mass is 16.6. The summed E-state index contributed by atoms with van der Waals surface area (Å²) in [5, 5.41) is 9.72. The molecule has 162 valence electrons. The molecule has 0 saturated heterocycles. The fourth-order valence-corrected chi connectivity index (χ4v) is 3.36. The molecule has 0 heterocycles. The zero-order chi connectivity index (χ0) is 20.4. The highest BCUT2D eigenvalue weighted by molar-refractivity contribution is 5.69. The molecule has 4 nitrogen and oxygen atoms in total. The summed E-state index contributed by atoms with van der Waals surface area (Å²) in [5.41, 5.74) is 0. The van der Waals surface area contributed by atoms with Crippen LogP contribution in [-0.4, -0.2) is 49.5 Å². The normalized spacial score (nSPS) is 12.9. The number of esters is 1. The van der Waals surface area contributed by atoms with Crippen molar-refractivity contribution in [1.29, 1.82) is 0 Å². The summed E-state index contributed by atoms with van der Waals surface area (Å²) in [6.07, 6.45) is 19.2. The summed E-state index contributed by atoms with van der Waals surface area (Å²) >= 11 is 0. The Kier molecular flexibility index (Phi) is 17.1. The molecular weight excluding hydrogens is 338 g/mol. The largest absolute Gasteiger partial charge is 0.430 e. The van der Waals surface area contributed by atoms with E-state index in [0.29, 0.717) is 17.4 Å². The van der Waals surface area contributed by atoms with E-state index >= 15 is 0 Å². The third kappa shape index (κ3) is 21.5. The Bertz CT molecular complexity index is 339. The number of likely N-dealkylation sites (N-methyl/N-ethyl adjacent to an activating group) is 1. The molecule has 0 spiro atoms. The van der Waals surface area contributed by atoms with E-state index in [1.807, 2.05) is 21.1 Å². The molecule has 0 radical (unpaired) electrons. The SMILES string of the molecule is CCCCCCCCCCCCCCCCCC(=O)OC(O)C[N+](C)(C)C. The highest BCUT2D eigenvalue weighted by Crippen LogP contribution is 2.14. The molecular formula is C23H48NO3+. The number of aliphatic hydroxyl groups excluding tert-OH is 1. The van der Waals surface area contributed by atoms with Crippen LogP contribution in [0.2, 0.25) is 0 Å². The first-order valence-electron chi connectivity index (χ1n) is 11.5. The lowest BCUT2D eigenvalue weighted by atomic mass is 10.0. The summed E-state index contributed by atoms with van der Waals surface area (Å²) in [4.78, 5) is 11.7. The Labute approximate surface area is 169 Å². The van der Waals surface area contributed by atoms with E-state index in [4.69, 9.17) is 4.74 Å². The minimum absolute atomic E-state index is 0.273. The Morgan fingerprint density at radius 1 is 0.741 bits per heavy atom. The number of unbranched alkanes of at least 4 members (excludes halogenated alkanes) is 14. The van der Waals surface area contributed by atoms with Gasteiger partial charge in [0.15, 0.2) is 0 Å². The first-order chi connectivity index (χ1) is 12.8. The summed E-state index contributed by atoms with van der Waals surface area (Å²) in [7, 11) is 5.89. The van der Waals surface area contributed by atoms with Gasteiger partial charge in [-0.25, -0.2) is 0 Å². The molecule has 1 N–H and O–H groups in total.